The van der Waals surface area contributed by atoms with Crippen LogP contribution in [0, 0.1) is 0 Å². The van der Waals surface area contributed by atoms with Gasteiger partial charge in [-0.2, -0.15) is 5.10 Å². The third-order valence-electron chi connectivity index (χ3n) is 4.39. The van der Waals surface area contributed by atoms with Crippen molar-refractivity contribution in [3.8, 4) is 11.5 Å². The van der Waals surface area contributed by atoms with E-state index in [4.69, 9.17) is 21.1 Å². The molecule has 3 aromatic rings. The minimum absolute atomic E-state index is 0.00492. The van der Waals surface area contributed by atoms with E-state index in [-0.39, 0.29) is 4.90 Å². The second kappa shape index (κ2) is 11.5. The highest BCUT2D eigenvalue weighted by Gasteiger charge is 2.15. The van der Waals surface area contributed by atoms with Gasteiger partial charge in [-0.1, -0.05) is 35.9 Å². The molecule has 33 heavy (non-hydrogen) atoms. The normalized spacial score (nSPS) is 11.3. The fourth-order valence-electron chi connectivity index (χ4n) is 2.71. The van der Waals surface area contributed by atoms with E-state index in [1.807, 2.05) is 36.4 Å². The molecule has 0 bridgehead atoms. The van der Waals surface area contributed by atoms with Crippen LogP contribution in [0.1, 0.15) is 11.1 Å². The Labute approximate surface area is 197 Å². The number of nitrogens with zero attached hydrogens (tertiary/aromatic N) is 1. The summed E-state index contributed by atoms with van der Waals surface area (Å²) < 4.78 is 37.7. The van der Waals surface area contributed by atoms with Crippen LogP contribution < -0.4 is 19.6 Å². The van der Waals surface area contributed by atoms with Crippen molar-refractivity contribution in [2.75, 3.05) is 13.7 Å². The maximum atomic E-state index is 12.2. The molecule has 3 rings (SSSR count). The van der Waals surface area contributed by atoms with E-state index in [1.54, 1.807) is 19.2 Å². The molecule has 0 aliphatic rings. The van der Waals surface area contributed by atoms with Crippen molar-refractivity contribution < 1.29 is 22.7 Å². The van der Waals surface area contributed by atoms with Crippen LogP contribution in [-0.4, -0.2) is 34.2 Å². The summed E-state index contributed by atoms with van der Waals surface area (Å²) >= 11 is 5.76. The third-order valence-corrected chi connectivity index (χ3v) is 6.06. The number of carbonyl (C=O) groups is 1. The van der Waals surface area contributed by atoms with Gasteiger partial charge in [-0.25, -0.2) is 18.6 Å². The topological polar surface area (TPSA) is 106 Å². The molecule has 2 N–H and O–H groups in total. The van der Waals surface area contributed by atoms with Gasteiger partial charge in [0.1, 0.15) is 18.1 Å². The number of amides is 1. The average molecular weight is 488 g/mol. The Bertz CT molecular complexity index is 1230. The van der Waals surface area contributed by atoms with Crippen molar-refractivity contribution in [1.29, 1.82) is 0 Å². The lowest BCUT2D eigenvalue weighted by Gasteiger charge is -2.10. The lowest BCUT2D eigenvalue weighted by atomic mass is 10.2. The molecule has 0 heterocycles. The summed E-state index contributed by atoms with van der Waals surface area (Å²) in [6.07, 6.45) is 1.42. The number of carbonyl (C=O) groups excluding carboxylic acids is 1. The van der Waals surface area contributed by atoms with E-state index in [0.29, 0.717) is 22.9 Å². The van der Waals surface area contributed by atoms with Crippen molar-refractivity contribution >= 4 is 33.7 Å². The summed E-state index contributed by atoms with van der Waals surface area (Å²) in [4.78, 5) is 12.0. The molecule has 0 fully saturated rings. The third kappa shape index (κ3) is 7.31. The monoisotopic (exact) mass is 487 g/mol. The number of para-hydroxylation sites is 1. The molecule has 3 aromatic carbocycles. The van der Waals surface area contributed by atoms with Crippen LogP contribution in [0.5, 0.6) is 11.5 Å². The molecule has 0 atom stereocenters. The zero-order valence-corrected chi connectivity index (χ0v) is 19.3. The fraction of sp³-hybridized carbons (Fsp3) is 0.130. The first-order valence-corrected chi connectivity index (χ1v) is 11.7. The van der Waals surface area contributed by atoms with Crippen molar-refractivity contribution in [1.82, 2.24) is 10.1 Å². The smallest absolute Gasteiger partial charge is 0.255 e. The number of ether oxygens (including phenoxy) is 2. The first-order chi connectivity index (χ1) is 15.9. The number of hydrazone groups is 1. The highest BCUT2D eigenvalue weighted by Crippen LogP contribution is 2.19. The van der Waals surface area contributed by atoms with Gasteiger partial charge in [0, 0.05) is 10.6 Å². The maximum absolute atomic E-state index is 12.2. The van der Waals surface area contributed by atoms with Gasteiger partial charge in [-0.3, -0.25) is 4.79 Å². The molecule has 0 aliphatic heterocycles. The number of sulfonamides is 1. The van der Waals surface area contributed by atoms with Crippen LogP contribution in [0.3, 0.4) is 0 Å². The Morgan fingerprint density at radius 3 is 2.58 bits per heavy atom. The van der Waals surface area contributed by atoms with E-state index in [0.717, 1.165) is 11.3 Å². The Morgan fingerprint density at radius 1 is 1.06 bits per heavy atom. The van der Waals surface area contributed by atoms with E-state index >= 15 is 0 Å². The van der Waals surface area contributed by atoms with Gasteiger partial charge in [-0.05, 0) is 54.1 Å². The SMILES string of the molecule is COc1cccc(COc2ccccc2/C=N\NC(=O)CNS(=O)(=O)c2ccc(Cl)cc2)c1. The molecule has 0 unspecified atom stereocenters. The molecule has 0 saturated heterocycles. The molecule has 1 amide bonds. The lowest BCUT2D eigenvalue weighted by Crippen LogP contribution is -2.34. The van der Waals surface area contributed by atoms with Crippen LogP contribution in [0.15, 0.2) is 82.8 Å². The Morgan fingerprint density at radius 2 is 1.82 bits per heavy atom. The van der Waals surface area contributed by atoms with Gasteiger partial charge >= 0.3 is 0 Å². The molecule has 0 saturated carbocycles. The lowest BCUT2D eigenvalue weighted by molar-refractivity contribution is -0.119. The number of halogens is 1. The second-order valence-corrected chi connectivity index (χ2v) is 8.95. The number of benzene rings is 3. The number of hydrogen-bond donors (Lipinski definition) is 2. The van der Waals surface area contributed by atoms with E-state index < -0.39 is 22.5 Å². The number of nitrogens with one attached hydrogen (secondary N) is 2. The minimum atomic E-state index is -3.85. The molecule has 0 radical (unpaired) electrons. The molecule has 0 aliphatic carbocycles. The minimum Gasteiger partial charge on any atom is -0.497 e. The van der Waals surface area contributed by atoms with Gasteiger partial charge < -0.3 is 9.47 Å². The summed E-state index contributed by atoms with van der Waals surface area (Å²) in [5.74, 6) is 0.681. The predicted octanol–water partition coefficient (Wildman–Crippen LogP) is 3.36. The summed E-state index contributed by atoms with van der Waals surface area (Å²) in [6, 6.07) is 20.3. The maximum Gasteiger partial charge on any atom is 0.255 e. The van der Waals surface area contributed by atoms with Crippen molar-refractivity contribution in [3.63, 3.8) is 0 Å². The zero-order valence-electron chi connectivity index (χ0n) is 17.7. The molecule has 8 nitrogen and oxygen atoms in total. The van der Waals surface area contributed by atoms with Crippen LogP contribution in [0.2, 0.25) is 5.02 Å². The average Bonchev–Trinajstić information content (AvgIpc) is 2.82. The highest BCUT2D eigenvalue weighted by atomic mass is 35.5. The van der Waals surface area contributed by atoms with Crippen LogP contribution in [-0.2, 0) is 21.4 Å². The Hall–Kier alpha value is -3.40. The zero-order chi connectivity index (χ0) is 23.7. The Balaban J connectivity index is 1.54. The summed E-state index contributed by atoms with van der Waals surface area (Å²) in [5, 5.41) is 4.30. The van der Waals surface area contributed by atoms with Crippen molar-refractivity contribution in [2.45, 2.75) is 11.5 Å². The van der Waals surface area contributed by atoms with E-state index in [1.165, 1.54) is 30.5 Å². The first-order valence-electron chi connectivity index (χ1n) is 9.79. The fourth-order valence-corrected chi connectivity index (χ4v) is 3.82. The van der Waals surface area contributed by atoms with Gasteiger partial charge in [-0.15, -0.1) is 0 Å². The Kier molecular flexibility index (Phi) is 8.42. The van der Waals surface area contributed by atoms with Gasteiger partial charge in [0.2, 0.25) is 10.0 Å². The van der Waals surface area contributed by atoms with Crippen LogP contribution in [0.25, 0.3) is 0 Å². The molecule has 0 spiro atoms. The summed E-state index contributed by atoms with van der Waals surface area (Å²) in [7, 11) is -2.25. The van der Waals surface area contributed by atoms with Gasteiger partial charge in [0.25, 0.3) is 5.91 Å². The predicted molar refractivity (Wildman–Crippen MR) is 126 cm³/mol. The molecule has 10 heteroatoms. The molecular weight excluding hydrogens is 466 g/mol. The van der Waals surface area contributed by atoms with Crippen molar-refractivity contribution in [2.24, 2.45) is 5.10 Å². The molecular formula is C23H22ClN3O5S. The molecule has 172 valence electrons. The van der Waals surface area contributed by atoms with Crippen LogP contribution >= 0.6 is 11.6 Å². The largest absolute Gasteiger partial charge is 0.497 e. The standard InChI is InChI=1S/C23H22ClN3O5S/c1-31-20-7-4-5-17(13-20)16-32-22-8-3-2-6-18(22)14-25-27-23(28)15-26-33(29,30)21-11-9-19(24)10-12-21/h2-14,26H,15-16H2,1H3,(H,27,28)/b25-14-. The van der Waals surface area contributed by atoms with E-state index in [2.05, 4.69) is 15.2 Å². The van der Waals surface area contributed by atoms with Crippen LogP contribution in [0.4, 0.5) is 0 Å². The second-order valence-electron chi connectivity index (χ2n) is 6.75. The highest BCUT2D eigenvalue weighted by molar-refractivity contribution is 7.89. The van der Waals surface area contributed by atoms with Gasteiger partial charge in [0.15, 0.2) is 0 Å². The van der Waals surface area contributed by atoms with E-state index in [9.17, 15) is 13.2 Å². The summed E-state index contributed by atoms with van der Waals surface area (Å²) in [5.41, 5.74) is 3.86. The van der Waals surface area contributed by atoms with Gasteiger partial charge in [0.05, 0.1) is 24.8 Å². The number of methoxy groups -OCH3 is 1. The first kappa shape index (κ1) is 24.2. The quantitative estimate of drug-likeness (QED) is 0.337. The number of hydrogen-bond acceptors (Lipinski definition) is 6. The number of rotatable bonds is 10. The van der Waals surface area contributed by atoms with Crippen molar-refractivity contribution in [3.05, 3.63) is 88.9 Å². The molecule has 0 aromatic heterocycles. The summed E-state index contributed by atoms with van der Waals surface area (Å²) in [6.45, 7) is -0.156.